The molecule has 1 saturated heterocycles. The van der Waals surface area contributed by atoms with E-state index in [1.165, 1.54) is 9.21 Å². The van der Waals surface area contributed by atoms with Crippen molar-refractivity contribution in [2.75, 3.05) is 26.2 Å². The molecule has 0 bridgehead atoms. The molecular formula is C15H18N2O5S. The number of carbonyl (C=O) groups excluding carboxylic acids is 1. The monoisotopic (exact) mass is 338 g/mol. The Morgan fingerprint density at radius 1 is 1.04 bits per heavy atom. The van der Waals surface area contributed by atoms with Gasteiger partial charge < -0.3 is 10.0 Å². The molecular weight excluding hydrogens is 320 g/mol. The van der Waals surface area contributed by atoms with Crippen molar-refractivity contribution in [2.24, 2.45) is 0 Å². The van der Waals surface area contributed by atoms with E-state index >= 15 is 0 Å². The molecule has 23 heavy (non-hydrogen) atoms. The Hall–Kier alpha value is -2.19. The van der Waals surface area contributed by atoms with E-state index in [1.807, 2.05) is 6.92 Å². The Morgan fingerprint density at radius 2 is 1.61 bits per heavy atom. The van der Waals surface area contributed by atoms with Crippen LogP contribution in [0.4, 0.5) is 0 Å². The van der Waals surface area contributed by atoms with E-state index in [4.69, 9.17) is 5.11 Å². The van der Waals surface area contributed by atoms with Crippen LogP contribution in [0.15, 0.2) is 41.3 Å². The molecule has 124 valence electrons. The van der Waals surface area contributed by atoms with E-state index in [1.54, 1.807) is 24.3 Å². The number of hydrogen-bond acceptors (Lipinski definition) is 4. The number of amides is 1. The summed E-state index contributed by atoms with van der Waals surface area (Å²) in [6, 6.07) is 6.61. The van der Waals surface area contributed by atoms with Gasteiger partial charge in [-0.3, -0.25) is 4.79 Å². The molecule has 0 aliphatic carbocycles. The minimum absolute atomic E-state index is 0.183. The van der Waals surface area contributed by atoms with Gasteiger partial charge in [0.05, 0.1) is 4.90 Å². The fourth-order valence-electron chi connectivity index (χ4n) is 2.26. The number of carbonyl (C=O) groups is 2. The molecule has 1 aliphatic rings. The summed E-state index contributed by atoms with van der Waals surface area (Å²) in [5.74, 6) is -1.63. The van der Waals surface area contributed by atoms with Crippen LogP contribution >= 0.6 is 0 Å². The molecule has 0 unspecified atom stereocenters. The zero-order valence-electron chi connectivity index (χ0n) is 12.7. The van der Waals surface area contributed by atoms with Crippen molar-refractivity contribution in [2.45, 2.75) is 11.8 Å². The number of rotatable bonds is 4. The fraction of sp³-hybridized carbons (Fsp3) is 0.333. The quantitative estimate of drug-likeness (QED) is 0.805. The first-order valence-electron chi connectivity index (χ1n) is 7.07. The first-order chi connectivity index (χ1) is 10.8. The highest BCUT2D eigenvalue weighted by molar-refractivity contribution is 7.89. The number of benzene rings is 1. The normalized spacial score (nSPS) is 16.7. The molecule has 1 aromatic rings. The topological polar surface area (TPSA) is 95.0 Å². The Morgan fingerprint density at radius 3 is 2.13 bits per heavy atom. The lowest BCUT2D eigenvalue weighted by atomic mass is 10.2. The predicted molar refractivity (Wildman–Crippen MR) is 83.3 cm³/mol. The first kappa shape index (κ1) is 17.2. The maximum Gasteiger partial charge on any atom is 0.328 e. The summed E-state index contributed by atoms with van der Waals surface area (Å²) in [5.41, 5.74) is 0.976. The molecule has 1 heterocycles. The van der Waals surface area contributed by atoms with Gasteiger partial charge in [-0.25, -0.2) is 13.2 Å². The van der Waals surface area contributed by atoms with Gasteiger partial charge in [0, 0.05) is 38.3 Å². The summed E-state index contributed by atoms with van der Waals surface area (Å²) < 4.78 is 26.4. The second-order valence-electron chi connectivity index (χ2n) is 5.21. The van der Waals surface area contributed by atoms with Gasteiger partial charge in [0.15, 0.2) is 0 Å². The number of aliphatic carboxylic acids is 1. The fourth-order valence-corrected chi connectivity index (χ4v) is 3.68. The Kier molecular flexibility index (Phi) is 5.17. The van der Waals surface area contributed by atoms with Gasteiger partial charge in [0.25, 0.3) is 0 Å². The van der Waals surface area contributed by atoms with E-state index in [-0.39, 0.29) is 31.1 Å². The molecule has 0 saturated carbocycles. The lowest BCUT2D eigenvalue weighted by molar-refractivity contribution is -0.132. The Labute approximate surface area is 134 Å². The molecule has 0 aromatic heterocycles. The first-order valence-corrected chi connectivity index (χ1v) is 8.51. The third-order valence-corrected chi connectivity index (χ3v) is 5.49. The van der Waals surface area contributed by atoms with Crippen molar-refractivity contribution < 1.29 is 23.1 Å². The van der Waals surface area contributed by atoms with Crippen LogP contribution in [-0.4, -0.2) is 60.8 Å². The zero-order valence-corrected chi connectivity index (χ0v) is 13.5. The molecule has 7 nitrogen and oxygen atoms in total. The highest BCUT2D eigenvalue weighted by Gasteiger charge is 2.29. The third kappa shape index (κ3) is 4.17. The van der Waals surface area contributed by atoms with Crippen LogP contribution in [0.25, 0.3) is 0 Å². The third-order valence-electron chi connectivity index (χ3n) is 3.58. The predicted octanol–water partition coefficient (Wildman–Crippen LogP) is 0.469. The lowest BCUT2D eigenvalue weighted by Crippen LogP contribution is -2.50. The van der Waals surface area contributed by atoms with Crippen molar-refractivity contribution in [1.82, 2.24) is 9.21 Å². The number of aryl methyl sites for hydroxylation is 1. The molecule has 0 radical (unpaired) electrons. The average molecular weight is 338 g/mol. The van der Waals surface area contributed by atoms with Crippen LogP contribution in [-0.2, 0) is 19.6 Å². The van der Waals surface area contributed by atoms with Crippen LogP contribution < -0.4 is 0 Å². The van der Waals surface area contributed by atoms with Crippen LogP contribution in [0.2, 0.25) is 0 Å². The van der Waals surface area contributed by atoms with Gasteiger partial charge >= 0.3 is 5.97 Å². The van der Waals surface area contributed by atoms with Crippen molar-refractivity contribution in [3.8, 4) is 0 Å². The van der Waals surface area contributed by atoms with Crippen molar-refractivity contribution in [3.63, 3.8) is 0 Å². The van der Waals surface area contributed by atoms with Gasteiger partial charge in [0.1, 0.15) is 0 Å². The number of piperazine rings is 1. The average Bonchev–Trinajstić information content (AvgIpc) is 2.53. The zero-order chi connectivity index (χ0) is 17.0. The summed E-state index contributed by atoms with van der Waals surface area (Å²) in [4.78, 5) is 23.8. The Balaban J connectivity index is 2.02. The molecule has 0 atom stereocenters. The molecule has 1 amide bonds. The maximum absolute atomic E-state index is 12.5. The summed E-state index contributed by atoms with van der Waals surface area (Å²) in [6.07, 6.45) is 1.75. The van der Waals surface area contributed by atoms with Crippen molar-refractivity contribution >= 4 is 21.9 Å². The summed E-state index contributed by atoms with van der Waals surface area (Å²) >= 11 is 0. The van der Waals surface area contributed by atoms with Crippen LogP contribution in [0.3, 0.4) is 0 Å². The SMILES string of the molecule is Cc1ccc(S(=O)(=O)N2CCN(C(=O)C=CC(=O)O)CC2)cc1. The number of hydrogen-bond donors (Lipinski definition) is 1. The van der Waals surface area contributed by atoms with Gasteiger partial charge in [-0.1, -0.05) is 17.7 Å². The Bertz CT molecular complexity index is 717. The minimum Gasteiger partial charge on any atom is -0.478 e. The lowest BCUT2D eigenvalue weighted by Gasteiger charge is -2.33. The van der Waals surface area contributed by atoms with Crippen LogP contribution in [0.5, 0.6) is 0 Å². The van der Waals surface area contributed by atoms with E-state index in [0.717, 1.165) is 17.7 Å². The highest BCUT2D eigenvalue weighted by atomic mass is 32.2. The summed E-state index contributed by atoms with van der Waals surface area (Å²) in [7, 11) is -3.57. The van der Waals surface area contributed by atoms with Gasteiger partial charge in [-0.15, -0.1) is 0 Å². The molecule has 1 N–H and O–H groups in total. The van der Waals surface area contributed by atoms with E-state index in [2.05, 4.69) is 0 Å². The van der Waals surface area contributed by atoms with Crippen LogP contribution in [0, 0.1) is 6.92 Å². The second kappa shape index (κ2) is 6.93. The molecule has 2 rings (SSSR count). The number of carboxylic acid groups (broad SMARTS) is 1. The van der Waals surface area contributed by atoms with Crippen molar-refractivity contribution in [3.05, 3.63) is 42.0 Å². The largest absolute Gasteiger partial charge is 0.478 e. The molecule has 1 fully saturated rings. The van der Waals surface area contributed by atoms with Gasteiger partial charge in [-0.2, -0.15) is 4.31 Å². The molecule has 0 spiro atoms. The number of carboxylic acids is 1. The molecule has 8 heteroatoms. The van der Waals surface area contributed by atoms with Crippen molar-refractivity contribution in [1.29, 1.82) is 0 Å². The molecule has 1 aliphatic heterocycles. The highest BCUT2D eigenvalue weighted by Crippen LogP contribution is 2.18. The summed E-state index contributed by atoms with van der Waals surface area (Å²) in [6.45, 7) is 2.71. The van der Waals surface area contributed by atoms with Gasteiger partial charge in [-0.05, 0) is 19.1 Å². The van der Waals surface area contributed by atoms with E-state index in [9.17, 15) is 18.0 Å². The number of sulfonamides is 1. The van der Waals surface area contributed by atoms with E-state index in [0.29, 0.717) is 0 Å². The smallest absolute Gasteiger partial charge is 0.328 e. The number of nitrogens with zero attached hydrogens (tertiary/aromatic N) is 2. The van der Waals surface area contributed by atoms with E-state index < -0.39 is 21.9 Å². The van der Waals surface area contributed by atoms with Gasteiger partial charge in [0.2, 0.25) is 15.9 Å². The molecule has 1 aromatic carbocycles. The maximum atomic E-state index is 12.5. The second-order valence-corrected chi connectivity index (χ2v) is 7.15. The minimum atomic E-state index is -3.57. The van der Waals surface area contributed by atoms with Crippen LogP contribution in [0.1, 0.15) is 5.56 Å². The standard InChI is InChI=1S/C15H18N2O5S/c1-12-2-4-13(5-3-12)23(21,22)17-10-8-16(9-11-17)14(18)6-7-15(19)20/h2-7H,8-11H2,1H3,(H,19,20). The summed E-state index contributed by atoms with van der Waals surface area (Å²) in [5, 5.41) is 8.51.